The average Bonchev–Trinajstić information content (AvgIpc) is 3.24. The molecule has 2 heterocycles. The van der Waals surface area contributed by atoms with E-state index in [4.69, 9.17) is 9.15 Å². The van der Waals surface area contributed by atoms with Crippen molar-refractivity contribution >= 4 is 11.9 Å². The number of unbranched alkanes of at least 4 members (excludes halogenated alkanes) is 1. The molecule has 0 saturated carbocycles. The van der Waals surface area contributed by atoms with Crippen molar-refractivity contribution in [1.29, 1.82) is 0 Å². The maximum absolute atomic E-state index is 12.5. The number of carbonyl (C=O) groups excluding carboxylic acids is 2. The molecule has 162 valence electrons. The van der Waals surface area contributed by atoms with Gasteiger partial charge in [-0.1, -0.05) is 30.3 Å². The molecule has 1 fully saturated rings. The molecule has 1 aliphatic rings. The topological polar surface area (TPSA) is 85.5 Å². The van der Waals surface area contributed by atoms with Gasteiger partial charge in [0.15, 0.2) is 0 Å². The van der Waals surface area contributed by atoms with E-state index in [-0.39, 0.29) is 17.8 Å². The lowest BCUT2D eigenvalue weighted by Gasteiger charge is -2.31. The first-order valence-corrected chi connectivity index (χ1v) is 10.9. The molecular weight excluding hydrogens is 382 g/mol. The van der Waals surface area contributed by atoms with E-state index in [0.717, 1.165) is 38.5 Å². The number of aromatic nitrogens is 2. The van der Waals surface area contributed by atoms with Crippen LogP contribution in [0.4, 0.5) is 0 Å². The van der Waals surface area contributed by atoms with Gasteiger partial charge in [-0.3, -0.25) is 9.59 Å². The number of piperidine rings is 1. The molecule has 0 N–H and O–H groups in total. The largest absolute Gasteiger partial charge is 0.466 e. The molecule has 3 rings (SSSR count). The summed E-state index contributed by atoms with van der Waals surface area (Å²) < 4.78 is 10.8. The van der Waals surface area contributed by atoms with Gasteiger partial charge in [0.05, 0.1) is 12.5 Å². The van der Waals surface area contributed by atoms with Gasteiger partial charge in [-0.2, -0.15) is 0 Å². The summed E-state index contributed by atoms with van der Waals surface area (Å²) in [6.45, 7) is 3.29. The first kappa shape index (κ1) is 22.0. The molecule has 0 spiro atoms. The Kier molecular flexibility index (Phi) is 8.41. The van der Waals surface area contributed by atoms with Gasteiger partial charge < -0.3 is 14.1 Å². The second-order valence-corrected chi connectivity index (χ2v) is 7.71. The van der Waals surface area contributed by atoms with Crippen LogP contribution in [-0.2, 0) is 33.6 Å². The fraction of sp³-hybridized carbons (Fsp3) is 0.565. The van der Waals surface area contributed by atoms with Crippen molar-refractivity contribution in [3.05, 3.63) is 47.7 Å². The summed E-state index contributed by atoms with van der Waals surface area (Å²) in [5, 5.41) is 8.18. The van der Waals surface area contributed by atoms with E-state index < -0.39 is 0 Å². The Morgan fingerprint density at radius 2 is 1.83 bits per heavy atom. The van der Waals surface area contributed by atoms with E-state index in [1.807, 2.05) is 6.07 Å². The summed E-state index contributed by atoms with van der Waals surface area (Å²) >= 11 is 0. The van der Waals surface area contributed by atoms with Crippen LogP contribution in [0.2, 0.25) is 0 Å². The minimum absolute atomic E-state index is 0.0200. The molecule has 0 bridgehead atoms. The predicted octanol–water partition coefficient (Wildman–Crippen LogP) is 3.37. The van der Waals surface area contributed by atoms with E-state index in [0.29, 0.717) is 44.3 Å². The highest BCUT2D eigenvalue weighted by atomic mass is 16.5. The Hall–Kier alpha value is -2.70. The third-order valence-corrected chi connectivity index (χ3v) is 5.40. The van der Waals surface area contributed by atoms with Crippen molar-refractivity contribution in [3.63, 3.8) is 0 Å². The van der Waals surface area contributed by atoms with Crippen molar-refractivity contribution in [1.82, 2.24) is 15.1 Å². The number of benzene rings is 1. The quantitative estimate of drug-likeness (QED) is 0.438. The number of nitrogens with zero attached hydrogens (tertiary/aromatic N) is 3. The van der Waals surface area contributed by atoms with Crippen LogP contribution in [0.5, 0.6) is 0 Å². The van der Waals surface area contributed by atoms with Crippen molar-refractivity contribution in [2.24, 2.45) is 5.92 Å². The maximum Gasteiger partial charge on any atom is 0.310 e. The zero-order chi connectivity index (χ0) is 21.2. The third-order valence-electron chi connectivity index (χ3n) is 5.40. The number of hydrogen-bond donors (Lipinski definition) is 0. The molecule has 2 aromatic rings. The smallest absolute Gasteiger partial charge is 0.310 e. The summed E-state index contributed by atoms with van der Waals surface area (Å²) in [5.41, 5.74) is 1.34. The second kappa shape index (κ2) is 11.5. The van der Waals surface area contributed by atoms with E-state index in [9.17, 15) is 9.59 Å². The van der Waals surface area contributed by atoms with Crippen molar-refractivity contribution in [2.75, 3.05) is 19.7 Å². The summed E-state index contributed by atoms with van der Waals surface area (Å²) in [4.78, 5) is 26.2. The number of hydrogen-bond acceptors (Lipinski definition) is 6. The summed E-state index contributed by atoms with van der Waals surface area (Å²) in [7, 11) is 0. The molecule has 1 atom stereocenters. The Morgan fingerprint density at radius 3 is 2.60 bits per heavy atom. The fourth-order valence-corrected chi connectivity index (χ4v) is 3.77. The summed E-state index contributed by atoms with van der Waals surface area (Å²) in [5.74, 6) is 0.732. The maximum atomic E-state index is 12.5. The molecule has 1 amide bonds. The molecule has 0 radical (unpaired) electrons. The fourth-order valence-electron chi connectivity index (χ4n) is 3.77. The standard InChI is InChI=1S/C23H31N3O4/c1-2-29-23(28)19-12-8-16-26(17-19)22(27)15-14-21-25-24-20(30-21)13-7-6-11-18-9-4-3-5-10-18/h3-5,9-10,19H,2,6-8,11-17H2,1H3. The third kappa shape index (κ3) is 6.68. The number of carbonyl (C=O) groups is 2. The molecule has 1 aromatic carbocycles. The molecule has 30 heavy (non-hydrogen) atoms. The first-order chi connectivity index (χ1) is 14.7. The van der Waals surface area contributed by atoms with Gasteiger partial charge in [0, 0.05) is 32.4 Å². The molecule has 7 heteroatoms. The first-order valence-electron chi connectivity index (χ1n) is 10.9. The monoisotopic (exact) mass is 413 g/mol. The van der Waals surface area contributed by atoms with Gasteiger partial charge in [0.25, 0.3) is 0 Å². The summed E-state index contributed by atoms with van der Waals surface area (Å²) in [6, 6.07) is 10.4. The number of ether oxygens (including phenoxy) is 1. The normalized spacial score (nSPS) is 16.4. The highest BCUT2D eigenvalue weighted by molar-refractivity contribution is 5.78. The SMILES string of the molecule is CCOC(=O)C1CCCN(C(=O)CCc2nnc(CCCCc3ccccc3)o2)C1. The average molecular weight is 414 g/mol. The van der Waals surface area contributed by atoms with Crippen molar-refractivity contribution in [3.8, 4) is 0 Å². The molecule has 7 nitrogen and oxygen atoms in total. The lowest BCUT2D eigenvalue weighted by Crippen LogP contribution is -2.42. The van der Waals surface area contributed by atoms with Crippen LogP contribution in [0.3, 0.4) is 0 Å². The van der Waals surface area contributed by atoms with Crippen LogP contribution in [-0.4, -0.2) is 46.7 Å². The van der Waals surface area contributed by atoms with Gasteiger partial charge in [-0.05, 0) is 44.6 Å². The van der Waals surface area contributed by atoms with Crippen molar-refractivity contribution < 1.29 is 18.7 Å². The van der Waals surface area contributed by atoms with Gasteiger partial charge in [0.2, 0.25) is 17.7 Å². The highest BCUT2D eigenvalue weighted by Crippen LogP contribution is 2.19. The van der Waals surface area contributed by atoms with E-state index in [2.05, 4.69) is 34.5 Å². The van der Waals surface area contributed by atoms with Crippen LogP contribution < -0.4 is 0 Å². The van der Waals surface area contributed by atoms with Crippen LogP contribution in [0.25, 0.3) is 0 Å². The van der Waals surface area contributed by atoms with E-state index in [1.165, 1.54) is 5.56 Å². The van der Waals surface area contributed by atoms with E-state index >= 15 is 0 Å². The zero-order valence-electron chi connectivity index (χ0n) is 17.7. The number of likely N-dealkylation sites (tertiary alicyclic amines) is 1. The van der Waals surface area contributed by atoms with Gasteiger partial charge in [-0.15, -0.1) is 10.2 Å². The number of rotatable bonds is 10. The lowest BCUT2D eigenvalue weighted by atomic mass is 9.98. The second-order valence-electron chi connectivity index (χ2n) is 7.71. The molecule has 1 saturated heterocycles. The zero-order valence-corrected chi connectivity index (χ0v) is 17.7. The molecule has 1 aromatic heterocycles. The predicted molar refractivity (Wildman–Crippen MR) is 112 cm³/mol. The Bertz CT molecular complexity index is 806. The van der Waals surface area contributed by atoms with E-state index in [1.54, 1.807) is 11.8 Å². The van der Waals surface area contributed by atoms with Gasteiger partial charge in [-0.25, -0.2) is 0 Å². The molecular formula is C23H31N3O4. The van der Waals surface area contributed by atoms with Crippen molar-refractivity contribution in [2.45, 2.75) is 58.3 Å². The summed E-state index contributed by atoms with van der Waals surface area (Å²) in [6.07, 6.45) is 6.18. The highest BCUT2D eigenvalue weighted by Gasteiger charge is 2.29. The van der Waals surface area contributed by atoms with Gasteiger partial charge >= 0.3 is 5.97 Å². The van der Waals surface area contributed by atoms with Gasteiger partial charge in [0.1, 0.15) is 0 Å². The lowest BCUT2D eigenvalue weighted by molar-refractivity contribution is -0.151. The number of aryl methyl sites for hydroxylation is 3. The Labute approximate surface area is 177 Å². The minimum atomic E-state index is -0.214. The van der Waals surface area contributed by atoms with Crippen LogP contribution in [0, 0.1) is 5.92 Å². The number of esters is 1. The Balaban J connectivity index is 1.37. The minimum Gasteiger partial charge on any atom is -0.466 e. The molecule has 1 aliphatic heterocycles. The molecule has 0 aliphatic carbocycles. The number of amides is 1. The Morgan fingerprint density at radius 1 is 1.10 bits per heavy atom. The van der Waals surface area contributed by atoms with Crippen LogP contribution >= 0.6 is 0 Å². The van der Waals surface area contributed by atoms with Crippen LogP contribution in [0.1, 0.15) is 56.4 Å². The molecule has 1 unspecified atom stereocenters. The van der Waals surface area contributed by atoms with Crippen LogP contribution in [0.15, 0.2) is 34.7 Å².